The van der Waals surface area contributed by atoms with E-state index < -0.39 is 0 Å². The molecule has 3 aromatic rings. The molecule has 2 heterocycles. The van der Waals surface area contributed by atoms with Crippen molar-refractivity contribution in [3.05, 3.63) is 106 Å². The van der Waals surface area contributed by atoms with Gasteiger partial charge >= 0.3 is 0 Å². The van der Waals surface area contributed by atoms with E-state index in [0.29, 0.717) is 11.8 Å². The highest BCUT2D eigenvalue weighted by Crippen LogP contribution is 2.29. The van der Waals surface area contributed by atoms with Crippen molar-refractivity contribution in [3.63, 3.8) is 0 Å². The number of carbonyl (C=O) groups excluding carboxylic acids is 1. The molecule has 4 heteroatoms. The predicted octanol–water partition coefficient (Wildman–Crippen LogP) is 5.97. The van der Waals surface area contributed by atoms with Gasteiger partial charge in [0.25, 0.3) is 5.91 Å². The highest BCUT2D eigenvalue weighted by molar-refractivity contribution is 5.94. The van der Waals surface area contributed by atoms with Gasteiger partial charge in [-0.15, -0.1) is 0 Å². The summed E-state index contributed by atoms with van der Waals surface area (Å²) in [6.45, 7) is 8.17. The molecule has 2 aliphatic heterocycles. The number of benzene rings is 3. The van der Waals surface area contributed by atoms with E-state index in [1.54, 1.807) is 0 Å². The molecule has 1 amide bonds. The maximum Gasteiger partial charge on any atom is 0.253 e. The fraction of sp³-hybridized carbons (Fsp3) is 0.406. The summed E-state index contributed by atoms with van der Waals surface area (Å²) < 4.78 is 0. The quantitative estimate of drug-likeness (QED) is 0.480. The Hall–Kier alpha value is -2.95. The zero-order valence-corrected chi connectivity index (χ0v) is 21.7. The van der Waals surface area contributed by atoms with Crippen molar-refractivity contribution in [1.29, 1.82) is 0 Å². The highest BCUT2D eigenvalue weighted by Gasteiger charge is 2.24. The molecule has 5 rings (SSSR count). The van der Waals surface area contributed by atoms with Crippen LogP contribution in [0.3, 0.4) is 0 Å². The van der Waals surface area contributed by atoms with Gasteiger partial charge in [-0.3, -0.25) is 4.79 Å². The number of piperidine rings is 2. The average molecular weight is 485 g/mol. The van der Waals surface area contributed by atoms with Gasteiger partial charge in [0.2, 0.25) is 0 Å². The van der Waals surface area contributed by atoms with Crippen molar-refractivity contribution in [1.82, 2.24) is 10.2 Å². The van der Waals surface area contributed by atoms with Crippen molar-refractivity contribution in [2.24, 2.45) is 0 Å². The average Bonchev–Trinajstić information content (AvgIpc) is 2.95. The lowest BCUT2D eigenvalue weighted by Gasteiger charge is -2.32. The largest absolute Gasteiger partial charge is 0.392 e. The van der Waals surface area contributed by atoms with Crippen LogP contribution in [0.15, 0.2) is 72.8 Å². The van der Waals surface area contributed by atoms with Crippen LogP contribution >= 0.6 is 0 Å². The Bertz CT molecular complexity index is 1100. The summed E-state index contributed by atoms with van der Waals surface area (Å²) in [4.78, 5) is 14.9. The van der Waals surface area contributed by atoms with E-state index in [4.69, 9.17) is 5.11 Å². The molecule has 2 aliphatic rings. The molecule has 0 spiro atoms. The molecule has 0 aliphatic carbocycles. The maximum absolute atomic E-state index is 12.8. The number of nitrogens with one attached hydrogen (secondary N) is 1. The standard InChI is InChI=1S/C23H28N2O.C9H12O/c26-23(22-8-6-19(7-9-22)20-10-14-24-15-11-20)25-16-12-21(13-17-25)18-4-2-1-3-5-18;1-7-3-4-9(6-10)5-8(7)2/h1-9,20-21,24H,10-17H2;3-5,10H,6H2,1-2H3. The molecule has 2 fully saturated rings. The molecule has 0 aromatic heterocycles. The normalized spacial score (nSPS) is 16.8. The number of aliphatic hydroxyl groups excluding tert-OH is 1. The molecule has 36 heavy (non-hydrogen) atoms. The molecule has 190 valence electrons. The Labute approximate surface area is 216 Å². The minimum Gasteiger partial charge on any atom is -0.392 e. The van der Waals surface area contributed by atoms with Gasteiger partial charge in [0.05, 0.1) is 6.61 Å². The van der Waals surface area contributed by atoms with Crippen LogP contribution in [0.4, 0.5) is 0 Å². The summed E-state index contributed by atoms with van der Waals surface area (Å²) in [5.74, 6) is 1.41. The Morgan fingerprint density at radius 3 is 2.03 bits per heavy atom. The molecule has 2 saturated heterocycles. The van der Waals surface area contributed by atoms with Crippen LogP contribution in [0.2, 0.25) is 0 Å². The number of nitrogens with zero attached hydrogens (tertiary/aromatic N) is 1. The summed E-state index contributed by atoms with van der Waals surface area (Å²) in [7, 11) is 0. The molecule has 0 saturated carbocycles. The van der Waals surface area contributed by atoms with E-state index in [0.717, 1.165) is 50.1 Å². The second-order valence-corrected chi connectivity index (χ2v) is 10.2. The van der Waals surface area contributed by atoms with Gasteiger partial charge in [-0.25, -0.2) is 0 Å². The van der Waals surface area contributed by atoms with Gasteiger partial charge in [-0.1, -0.05) is 60.7 Å². The fourth-order valence-electron chi connectivity index (χ4n) is 5.28. The number of aliphatic hydroxyl groups is 1. The van der Waals surface area contributed by atoms with E-state index in [-0.39, 0.29) is 12.5 Å². The minimum absolute atomic E-state index is 0.140. The third-order valence-corrected chi connectivity index (χ3v) is 7.78. The van der Waals surface area contributed by atoms with Crippen LogP contribution in [0.1, 0.15) is 75.7 Å². The van der Waals surface area contributed by atoms with E-state index in [2.05, 4.69) is 61.6 Å². The summed E-state index contributed by atoms with van der Waals surface area (Å²) in [6.07, 6.45) is 4.51. The highest BCUT2D eigenvalue weighted by atomic mass is 16.3. The summed E-state index contributed by atoms with van der Waals surface area (Å²) >= 11 is 0. The predicted molar refractivity (Wildman–Crippen MR) is 147 cm³/mol. The Kier molecular flexibility index (Phi) is 9.32. The van der Waals surface area contributed by atoms with Crippen molar-refractivity contribution in [2.75, 3.05) is 26.2 Å². The molecule has 0 unspecified atom stereocenters. The van der Waals surface area contributed by atoms with Crippen LogP contribution < -0.4 is 5.32 Å². The summed E-state index contributed by atoms with van der Waals surface area (Å²) in [6, 6.07) is 25.1. The third kappa shape index (κ3) is 6.83. The first-order valence-corrected chi connectivity index (χ1v) is 13.4. The smallest absolute Gasteiger partial charge is 0.253 e. The van der Waals surface area contributed by atoms with Crippen LogP contribution in [-0.4, -0.2) is 42.1 Å². The first-order chi connectivity index (χ1) is 17.5. The lowest BCUT2D eigenvalue weighted by Crippen LogP contribution is -2.37. The number of hydrogen-bond acceptors (Lipinski definition) is 3. The summed E-state index contributed by atoms with van der Waals surface area (Å²) in [5, 5.41) is 12.2. The second-order valence-electron chi connectivity index (χ2n) is 10.2. The van der Waals surface area contributed by atoms with Crippen LogP contribution in [0.25, 0.3) is 0 Å². The number of carbonyl (C=O) groups is 1. The topological polar surface area (TPSA) is 52.6 Å². The molecule has 2 N–H and O–H groups in total. The fourth-order valence-corrected chi connectivity index (χ4v) is 5.28. The first-order valence-electron chi connectivity index (χ1n) is 13.4. The Balaban J connectivity index is 0.000000256. The second kappa shape index (κ2) is 12.8. The zero-order chi connectivity index (χ0) is 25.3. The number of hydrogen-bond donors (Lipinski definition) is 2. The van der Waals surface area contributed by atoms with E-state index in [1.807, 2.05) is 35.2 Å². The number of rotatable bonds is 4. The van der Waals surface area contributed by atoms with E-state index in [1.165, 1.54) is 35.1 Å². The first kappa shape index (κ1) is 26.1. The van der Waals surface area contributed by atoms with E-state index in [9.17, 15) is 4.79 Å². The third-order valence-electron chi connectivity index (χ3n) is 7.78. The van der Waals surface area contributed by atoms with Crippen LogP contribution in [-0.2, 0) is 6.61 Å². The monoisotopic (exact) mass is 484 g/mol. The molecule has 3 aromatic carbocycles. The molecule has 0 atom stereocenters. The van der Waals surface area contributed by atoms with Gasteiger partial charge in [-0.2, -0.15) is 0 Å². The lowest BCUT2D eigenvalue weighted by atomic mass is 9.88. The van der Waals surface area contributed by atoms with Gasteiger partial charge in [0.15, 0.2) is 0 Å². The number of likely N-dealkylation sites (tertiary alicyclic amines) is 1. The SMILES string of the molecule is Cc1ccc(CO)cc1C.O=C(c1ccc(C2CCNCC2)cc1)N1CCC(c2ccccc2)CC1. The van der Waals surface area contributed by atoms with Gasteiger partial charge < -0.3 is 15.3 Å². The Morgan fingerprint density at radius 1 is 0.806 bits per heavy atom. The molecule has 4 nitrogen and oxygen atoms in total. The zero-order valence-electron chi connectivity index (χ0n) is 21.7. The van der Waals surface area contributed by atoms with Gasteiger partial charge in [0.1, 0.15) is 0 Å². The van der Waals surface area contributed by atoms with Gasteiger partial charge in [-0.05, 0) is 104 Å². The molecular formula is C32H40N2O2. The van der Waals surface area contributed by atoms with Crippen LogP contribution in [0, 0.1) is 13.8 Å². The molecule has 0 radical (unpaired) electrons. The maximum atomic E-state index is 12.8. The van der Waals surface area contributed by atoms with Crippen molar-refractivity contribution >= 4 is 5.91 Å². The lowest BCUT2D eigenvalue weighted by molar-refractivity contribution is 0.0713. The van der Waals surface area contributed by atoms with Crippen LogP contribution in [0.5, 0.6) is 0 Å². The van der Waals surface area contributed by atoms with Crippen molar-refractivity contribution < 1.29 is 9.90 Å². The Morgan fingerprint density at radius 2 is 1.42 bits per heavy atom. The number of amides is 1. The molecular weight excluding hydrogens is 444 g/mol. The van der Waals surface area contributed by atoms with E-state index >= 15 is 0 Å². The number of aryl methyl sites for hydroxylation is 2. The summed E-state index contributed by atoms with van der Waals surface area (Å²) in [5.41, 5.74) is 7.13. The molecule has 0 bridgehead atoms. The van der Waals surface area contributed by atoms with Crippen molar-refractivity contribution in [3.8, 4) is 0 Å². The minimum atomic E-state index is 0.140. The van der Waals surface area contributed by atoms with Crippen molar-refractivity contribution in [2.45, 2.75) is 58.0 Å². The van der Waals surface area contributed by atoms with Gasteiger partial charge in [0, 0.05) is 18.7 Å².